The summed E-state index contributed by atoms with van der Waals surface area (Å²) in [5.74, 6) is -2.77. The van der Waals surface area contributed by atoms with Crippen LogP contribution in [0.1, 0.15) is 62.1 Å². The van der Waals surface area contributed by atoms with Crippen molar-refractivity contribution in [1.29, 1.82) is 0 Å². The normalized spacial score (nSPS) is 11.1. The molecule has 0 aliphatic heterocycles. The number of hydrogen-bond donors (Lipinski definition) is 1. The van der Waals surface area contributed by atoms with E-state index < -0.39 is 52.4 Å². The van der Waals surface area contributed by atoms with Gasteiger partial charge in [-0.25, -0.2) is 9.59 Å². The zero-order valence-electron chi connectivity index (χ0n) is 21.3. The molecule has 182 valence electrons. The van der Waals surface area contributed by atoms with Gasteiger partial charge in [0.15, 0.2) is 0 Å². The minimum absolute atomic E-state index is 0. The molecule has 0 aliphatic carbocycles. The van der Waals surface area contributed by atoms with Crippen molar-refractivity contribution in [2.45, 2.75) is 59.3 Å². The molecule has 0 atom stereocenters. The molecule has 0 unspecified atom stereocenters. The second kappa shape index (κ2) is 16.2. The number of esters is 3. The van der Waals surface area contributed by atoms with Crippen LogP contribution in [-0.2, 0) is 38.7 Å². The Labute approximate surface area is 209 Å². The van der Waals surface area contributed by atoms with Gasteiger partial charge in [0, 0.05) is 11.1 Å². The summed E-state index contributed by atoms with van der Waals surface area (Å²) in [7, 11) is -4.19. The maximum Gasteiger partial charge on any atom is 2.00 e. The predicted octanol–water partition coefficient (Wildman–Crippen LogP) is 2.85. The Kier molecular flexibility index (Phi) is 16.6. The standard InChI is InChI=1S/C21H34O9S.Mg.2H/c1-6-7-8-9-11-21(14-29-18(22)16(2)3,15-30-19(23)17(4)5)20(24)28-12-10-13-31(25,26)27;;;/h2,4,6-15H2,1,3,5H3,(H,25,26,27);;;/q;+2;2*-1. The summed E-state index contributed by atoms with van der Waals surface area (Å²) in [6.07, 6.45) is 3.38. The van der Waals surface area contributed by atoms with Crippen molar-refractivity contribution < 1.29 is 44.4 Å². The first kappa shape index (κ1) is 32.7. The van der Waals surface area contributed by atoms with Crippen molar-refractivity contribution >= 4 is 51.1 Å². The molecule has 0 aromatic heterocycles. The van der Waals surface area contributed by atoms with Gasteiger partial charge in [-0.15, -0.1) is 0 Å². The number of carbonyl (C=O) groups excluding carboxylic acids is 3. The molecule has 11 heteroatoms. The van der Waals surface area contributed by atoms with Crippen LogP contribution in [0.25, 0.3) is 0 Å². The van der Waals surface area contributed by atoms with E-state index in [1.807, 2.05) is 6.92 Å². The van der Waals surface area contributed by atoms with Crippen molar-refractivity contribution in [3.63, 3.8) is 0 Å². The first-order chi connectivity index (χ1) is 14.3. The van der Waals surface area contributed by atoms with E-state index in [1.165, 1.54) is 13.8 Å². The SMILES string of the molecule is C=C(C)C(=O)OCC(CCCCCC)(COC(=O)C(=C)C)C(=O)OCCCS(=O)(=O)O.[H-].[H-].[Mg+2]. The van der Waals surface area contributed by atoms with Crippen LogP contribution in [0.3, 0.4) is 0 Å². The van der Waals surface area contributed by atoms with Gasteiger partial charge in [0.05, 0.1) is 12.4 Å². The molecule has 0 heterocycles. The Hall–Kier alpha value is -1.43. The maximum absolute atomic E-state index is 13.0. The van der Waals surface area contributed by atoms with E-state index in [4.69, 9.17) is 18.8 Å². The minimum atomic E-state index is -4.19. The summed E-state index contributed by atoms with van der Waals surface area (Å²) < 4.78 is 46.1. The smallest absolute Gasteiger partial charge is 1.00 e. The average molecular weight is 489 g/mol. The van der Waals surface area contributed by atoms with Gasteiger partial charge >= 0.3 is 41.0 Å². The molecule has 0 aliphatic rings. The molecule has 0 amide bonds. The zero-order valence-corrected chi connectivity index (χ0v) is 21.5. The summed E-state index contributed by atoms with van der Waals surface area (Å²) in [6.45, 7) is 10.9. The molecule has 0 bridgehead atoms. The van der Waals surface area contributed by atoms with Gasteiger partial charge in [-0.1, -0.05) is 45.8 Å². The van der Waals surface area contributed by atoms with Crippen LogP contribution in [0.2, 0.25) is 0 Å². The molecule has 0 saturated carbocycles. The van der Waals surface area contributed by atoms with E-state index in [0.29, 0.717) is 6.42 Å². The Morgan fingerprint density at radius 3 is 1.81 bits per heavy atom. The van der Waals surface area contributed by atoms with E-state index in [-0.39, 0.29) is 56.5 Å². The van der Waals surface area contributed by atoms with Crippen molar-refractivity contribution in [1.82, 2.24) is 0 Å². The van der Waals surface area contributed by atoms with Crippen LogP contribution in [0.5, 0.6) is 0 Å². The molecular formula is C21H36MgO9S. The number of carbonyl (C=O) groups is 3. The second-order valence-corrected chi connectivity index (χ2v) is 9.15. The molecule has 0 fully saturated rings. The molecule has 32 heavy (non-hydrogen) atoms. The van der Waals surface area contributed by atoms with Crippen LogP contribution in [0, 0.1) is 5.41 Å². The van der Waals surface area contributed by atoms with E-state index in [0.717, 1.165) is 19.3 Å². The monoisotopic (exact) mass is 488 g/mol. The predicted molar refractivity (Wildman–Crippen MR) is 123 cm³/mol. The fraction of sp³-hybridized carbons (Fsp3) is 0.667. The Balaban J connectivity index is -0.00000150. The Morgan fingerprint density at radius 2 is 1.41 bits per heavy atom. The maximum atomic E-state index is 13.0. The largest absolute Gasteiger partial charge is 2.00 e. The van der Waals surface area contributed by atoms with Gasteiger partial charge in [0.2, 0.25) is 0 Å². The first-order valence-corrected chi connectivity index (χ1v) is 11.7. The van der Waals surface area contributed by atoms with E-state index in [2.05, 4.69) is 13.2 Å². The van der Waals surface area contributed by atoms with Gasteiger partial charge < -0.3 is 17.1 Å². The van der Waals surface area contributed by atoms with E-state index in [1.54, 1.807) is 0 Å². The van der Waals surface area contributed by atoms with Gasteiger partial charge in [0.25, 0.3) is 10.1 Å². The van der Waals surface area contributed by atoms with Crippen molar-refractivity contribution in [3.05, 3.63) is 24.3 Å². The molecule has 0 rings (SSSR count). The second-order valence-electron chi connectivity index (χ2n) is 7.58. The molecule has 1 N–H and O–H groups in total. The Morgan fingerprint density at radius 1 is 0.906 bits per heavy atom. The first-order valence-electron chi connectivity index (χ1n) is 10.1. The third-order valence-corrected chi connectivity index (χ3v) is 5.18. The van der Waals surface area contributed by atoms with Gasteiger partial charge in [-0.2, -0.15) is 8.42 Å². The topological polar surface area (TPSA) is 133 Å². The fourth-order valence-electron chi connectivity index (χ4n) is 2.51. The van der Waals surface area contributed by atoms with E-state index >= 15 is 0 Å². The molecule has 0 saturated heterocycles. The van der Waals surface area contributed by atoms with Crippen LogP contribution in [-0.4, -0.2) is 79.5 Å². The van der Waals surface area contributed by atoms with Crippen molar-refractivity contribution in [2.24, 2.45) is 5.41 Å². The summed E-state index contributed by atoms with van der Waals surface area (Å²) in [5, 5.41) is 0. The van der Waals surface area contributed by atoms with Gasteiger partial charge in [-0.05, 0) is 26.7 Å². The number of rotatable bonds is 16. The van der Waals surface area contributed by atoms with Gasteiger partial charge in [0.1, 0.15) is 18.6 Å². The van der Waals surface area contributed by atoms with Crippen molar-refractivity contribution in [2.75, 3.05) is 25.6 Å². The van der Waals surface area contributed by atoms with Crippen LogP contribution in [0.15, 0.2) is 24.3 Å². The van der Waals surface area contributed by atoms with Crippen LogP contribution < -0.4 is 0 Å². The molecule has 0 aromatic rings. The van der Waals surface area contributed by atoms with E-state index in [9.17, 15) is 22.8 Å². The minimum Gasteiger partial charge on any atom is -1.00 e. The number of hydrogen-bond acceptors (Lipinski definition) is 8. The molecule has 0 spiro atoms. The fourth-order valence-corrected chi connectivity index (χ4v) is 2.99. The zero-order chi connectivity index (χ0) is 24.1. The summed E-state index contributed by atoms with van der Waals surface area (Å²) in [5.41, 5.74) is -1.19. The number of unbranched alkanes of at least 4 members (excludes halogenated alkanes) is 3. The summed E-state index contributed by atoms with van der Waals surface area (Å²) in [4.78, 5) is 36.8. The molecular weight excluding hydrogens is 453 g/mol. The average Bonchev–Trinajstić information content (AvgIpc) is 2.68. The van der Waals surface area contributed by atoms with Crippen molar-refractivity contribution in [3.8, 4) is 0 Å². The third-order valence-electron chi connectivity index (χ3n) is 4.38. The number of ether oxygens (including phenoxy) is 3. The van der Waals surface area contributed by atoms with Crippen LogP contribution >= 0.6 is 0 Å². The quantitative estimate of drug-likeness (QED) is 0.0868. The van der Waals surface area contributed by atoms with Gasteiger partial charge in [-0.3, -0.25) is 9.35 Å². The molecule has 0 radical (unpaired) electrons. The molecule has 0 aromatic carbocycles. The molecule has 9 nitrogen and oxygen atoms in total. The third kappa shape index (κ3) is 13.9. The summed E-state index contributed by atoms with van der Waals surface area (Å²) in [6, 6.07) is 0. The summed E-state index contributed by atoms with van der Waals surface area (Å²) >= 11 is 0. The Bertz CT molecular complexity index is 740. The van der Waals surface area contributed by atoms with Crippen LogP contribution in [0.4, 0.5) is 0 Å².